The van der Waals surface area contributed by atoms with Crippen LogP contribution in [0.15, 0.2) is 45.9 Å². The lowest BCUT2D eigenvalue weighted by Crippen LogP contribution is -2.41. The van der Waals surface area contributed by atoms with Gasteiger partial charge in [-0.05, 0) is 30.3 Å². The molecule has 0 radical (unpaired) electrons. The molecule has 136 valence electrons. The maximum atomic E-state index is 13.3. The Hall–Kier alpha value is -1.06. The number of sulfonamides is 1. The first-order valence-corrected chi connectivity index (χ1v) is 10.8. The van der Waals surface area contributed by atoms with E-state index in [1.165, 1.54) is 6.07 Å². The van der Waals surface area contributed by atoms with Crippen LogP contribution in [0.2, 0.25) is 5.02 Å². The first kappa shape index (κ1) is 18.7. The Balaban J connectivity index is 1.76. The molecule has 25 heavy (non-hydrogen) atoms. The number of halogens is 2. The van der Waals surface area contributed by atoms with E-state index in [2.05, 4.69) is 9.62 Å². The molecule has 1 aliphatic rings. The van der Waals surface area contributed by atoms with Crippen LogP contribution in [0.5, 0.6) is 0 Å². The molecule has 0 amide bonds. The van der Waals surface area contributed by atoms with Gasteiger partial charge >= 0.3 is 0 Å². The first-order valence-electron chi connectivity index (χ1n) is 7.77. The number of furan rings is 1. The smallest absolute Gasteiger partial charge is 0.240 e. The molecule has 1 fully saturated rings. The number of hydrogen-bond acceptors (Lipinski definition) is 5. The Labute approximate surface area is 155 Å². The second kappa shape index (κ2) is 8.09. The molecule has 0 saturated carbocycles. The molecule has 1 atom stereocenters. The standard InChI is InChI=1S/C16H18ClFN2O3S2/c17-13-10-12(3-4-14(13)18)25(21,22)19-11-15(16-2-1-7-23-16)20-5-8-24-9-6-20/h1-4,7,10,15,19H,5-6,8-9,11H2/t15-/m1/s1. The van der Waals surface area contributed by atoms with Gasteiger partial charge in [-0.2, -0.15) is 11.8 Å². The Morgan fingerprint density at radius 3 is 2.72 bits per heavy atom. The minimum Gasteiger partial charge on any atom is -0.468 e. The van der Waals surface area contributed by atoms with Gasteiger partial charge in [0, 0.05) is 31.1 Å². The van der Waals surface area contributed by atoms with E-state index in [0.29, 0.717) is 5.76 Å². The number of hydrogen-bond donors (Lipinski definition) is 1. The lowest BCUT2D eigenvalue weighted by atomic mass is 10.2. The fraction of sp³-hybridized carbons (Fsp3) is 0.375. The Bertz CT molecular complexity index is 809. The molecule has 0 bridgehead atoms. The lowest BCUT2D eigenvalue weighted by Gasteiger charge is -2.33. The average Bonchev–Trinajstić information content (AvgIpc) is 3.12. The quantitative estimate of drug-likeness (QED) is 0.801. The van der Waals surface area contributed by atoms with Gasteiger partial charge in [0.15, 0.2) is 0 Å². The van der Waals surface area contributed by atoms with Crippen molar-refractivity contribution in [3.63, 3.8) is 0 Å². The van der Waals surface area contributed by atoms with E-state index in [-0.39, 0.29) is 22.5 Å². The molecule has 9 heteroatoms. The van der Waals surface area contributed by atoms with Crippen molar-refractivity contribution in [2.45, 2.75) is 10.9 Å². The fourth-order valence-electron chi connectivity index (χ4n) is 2.70. The van der Waals surface area contributed by atoms with Gasteiger partial charge in [-0.15, -0.1) is 0 Å². The van der Waals surface area contributed by atoms with Crippen molar-refractivity contribution in [1.29, 1.82) is 0 Å². The van der Waals surface area contributed by atoms with Crippen LogP contribution < -0.4 is 4.72 Å². The normalized spacial score (nSPS) is 17.5. The number of rotatable bonds is 6. The van der Waals surface area contributed by atoms with Gasteiger partial charge in [0.1, 0.15) is 11.6 Å². The lowest BCUT2D eigenvalue weighted by molar-refractivity contribution is 0.193. The third-order valence-corrected chi connectivity index (χ3v) is 6.68. The van der Waals surface area contributed by atoms with Crippen LogP contribution in [0.25, 0.3) is 0 Å². The molecule has 1 aromatic carbocycles. The highest BCUT2D eigenvalue weighted by molar-refractivity contribution is 7.99. The molecule has 0 spiro atoms. The van der Waals surface area contributed by atoms with E-state index in [0.717, 1.165) is 36.7 Å². The molecule has 0 unspecified atom stereocenters. The zero-order valence-electron chi connectivity index (χ0n) is 13.3. The van der Waals surface area contributed by atoms with Crippen molar-refractivity contribution in [2.75, 3.05) is 31.1 Å². The molecule has 0 aliphatic carbocycles. The fourth-order valence-corrected chi connectivity index (χ4v) is 4.94. The van der Waals surface area contributed by atoms with Gasteiger partial charge in [-0.3, -0.25) is 4.90 Å². The van der Waals surface area contributed by atoms with Crippen LogP contribution in [-0.4, -0.2) is 44.5 Å². The van der Waals surface area contributed by atoms with Crippen molar-refractivity contribution in [1.82, 2.24) is 9.62 Å². The number of nitrogens with one attached hydrogen (secondary N) is 1. The summed E-state index contributed by atoms with van der Waals surface area (Å²) in [6.07, 6.45) is 1.58. The summed E-state index contributed by atoms with van der Waals surface area (Å²) in [6.45, 7) is 1.88. The van der Waals surface area contributed by atoms with Crippen LogP contribution in [0.4, 0.5) is 4.39 Å². The Morgan fingerprint density at radius 1 is 1.32 bits per heavy atom. The van der Waals surface area contributed by atoms with Crippen molar-refractivity contribution in [2.24, 2.45) is 0 Å². The number of benzene rings is 1. The first-order chi connectivity index (χ1) is 12.0. The molecule has 1 saturated heterocycles. The predicted molar refractivity (Wildman–Crippen MR) is 96.9 cm³/mol. The van der Waals surface area contributed by atoms with E-state index in [4.69, 9.17) is 16.0 Å². The van der Waals surface area contributed by atoms with Gasteiger partial charge in [0.2, 0.25) is 10.0 Å². The largest absolute Gasteiger partial charge is 0.468 e. The molecule has 5 nitrogen and oxygen atoms in total. The monoisotopic (exact) mass is 404 g/mol. The maximum Gasteiger partial charge on any atom is 0.240 e. The average molecular weight is 405 g/mol. The zero-order valence-corrected chi connectivity index (χ0v) is 15.7. The Morgan fingerprint density at radius 2 is 2.08 bits per heavy atom. The second-order valence-corrected chi connectivity index (χ2v) is 9.01. The van der Waals surface area contributed by atoms with Gasteiger partial charge in [0.25, 0.3) is 0 Å². The number of nitrogens with zero attached hydrogens (tertiary/aromatic N) is 1. The van der Waals surface area contributed by atoms with Crippen LogP contribution in [0, 0.1) is 5.82 Å². The van der Waals surface area contributed by atoms with Crippen molar-refractivity contribution >= 4 is 33.4 Å². The van der Waals surface area contributed by atoms with Crippen LogP contribution >= 0.6 is 23.4 Å². The third kappa shape index (κ3) is 4.57. The van der Waals surface area contributed by atoms with E-state index in [1.54, 1.807) is 12.3 Å². The predicted octanol–water partition coefficient (Wildman–Crippen LogP) is 3.14. The van der Waals surface area contributed by atoms with E-state index in [9.17, 15) is 12.8 Å². The van der Waals surface area contributed by atoms with E-state index in [1.807, 2.05) is 17.8 Å². The van der Waals surface area contributed by atoms with E-state index < -0.39 is 15.8 Å². The third-order valence-electron chi connectivity index (χ3n) is 4.03. The van der Waals surface area contributed by atoms with E-state index >= 15 is 0 Å². The maximum absolute atomic E-state index is 13.3. The summed E-state index contributed by atoms with van der Waals surface area (Å²) >= 11 is 7.57. The zero-order chi connectivity index (χ0) is 17.9. The number of thioether (sulfide) groups is 1. The molecular weight excluding hydrogens is 387 g/mol. The second-order valence-electron chi connectivity index (χ2n) is 5.61. The summed E-state index contributed by atoms with van der Waals surface area (Å²) in [5.41, 5.74) is 0. The van der Waals surface area contributed by atoms with Crippen LogP contribution in [-0.2, 0) is 10.0 Å². The summed E-state index contributed by atoms with van der Waals surface area (Å²) in [5, 5.41) is -0.224. The SMILES string of the molecule is O=S(=O)(NC[C@H](c1ccco1)N1CCSCC1)c1ccc(F)c(Cl)c1. The van der Waals surface area contributed by atoms with Gasteiger partial charge in [0.05, 0.1) is 22.2 Å². The van der Waals surface area contributed by atoms with Crippen molar-refractivity contribution in [3.05, 3.63) is 53.2 Å². The molecule has 1 N–H and O–H groups in total. The topological polar surface area (TPSA) is 62.6 Å². The van der Waals surface area contributed by atoms with Crippen LogP contribution in [0.1, 0.15) is 11.8 Å². The summed E-state index contributed by atoms with van der Waals surface area (Å²) in [6, 6.07) is 6.79. The summed E-state index contributed by atoms with van der Waals surface area (Å²) in [5.74, 6) is 2.06. The minimum absolute atomic E-state index is 0.0636. The molecule has 2 heterocycles. The summed E-state index contributed by atoms with van der Waals surface area (Å²) in [4.78, 5) is 2.14. The van der Waals surface area contributed by atoms with Crippen LogP contribution in [0.3, 0.4) is 0 Å². The minimum atomic E-state index is -3.80. The molecule has 2 aromatic rings. The highest BCUT2D eigenvalue weighted by Crippen LogP contribution is 2.25. The molecule has 3 rings (SSSR count). The molecule has 1 aliphatic heterocycles. The van der Waals surface area contributed by atoms with Gasteiger partial charge < -0.3 is 4.42 Å². The van der Waals surface area contributed by atoms with Gasteiger partial charge in [-0.25, -0.2) is 17.5 Å². The Kier molecular flexibility index (Phi) is 6.06. The highest BCUT2D eigenvalue weighted by atomic mass is 35.5. The molecule has 1 aromatic heterocycles. The highest BCUT2D eigenvalue weighted by Gasteiger charge is 2.27. The van der Waals surface area contributed by atoms with Crippen molar-refractivity contribution < 1.29 is 17.2 Å². The summed E-state index contributed by atoms with van der Waals surface area (Å²) < 4.78 is 46.4. The van der Waals surface area contributed by atoms with Crippen molar-refractivity contribution in [3.8, 4) is 0 Å². The summed E-state index contributed by atoms with van der Waals surface area (Å²) in [7, 11) is -3.80. The van der Waals surface area contributed by atoms with Gasteiger partial charge in [-0.1, -0.05) is 11.6 Å². The molecular formula is C16H18ClFN2O3S2.